The summed E-state index contributed by atoms with van der Waals surface area (Å²) in [4.78, 5) is 0. The van der Waals surface area contributed by atoms with Crippen molar-refractivity contribution in [1.82, 2.24) is 18.4 Å². The average Bonchev–Trinajstić information content (AvgIpc) is 3.03. The van der Waals surface area contributed by atoms with Gasteiger partial charge >= 0.3 is 6.18 Å². The van der Waals surface area contributed by atoms with Gasteiger partial charge < -0.3 is 5.32 Å². The Morgan fingerprint density at radius 3 is 2.24 bits per heavy atom. The number of alkyl halides is 3. The molecule has 1 aromatic heterocycles. The summed E-state index contributed by atoms with van der Waals surface area (Å²) in [6, 6.07) is -0.276. The van der Waals surface area contributed by atoms with Crippen LogP contribution < -0.4 is 5.32 Å². The van der Waals surface area contributed by atoms with E-state index >= 15 is 0 Å². The molecule has 2 aliphatic heterocycles. The second kappa shape index (κ2) is 7.42. The molecule has 2 aliphatic rings. The number of piperidine rings is 1. The number of halogens is 3. The van der Waals surface area contributed by atoms with Crippen LogP contribution in [0.4, 0.5) is 19.0 Å². The van der Waals surface area contributed by atoms with Gasteiger partial charge in [0.2, 0.25) is 0 Å². The van der Waals surface area contributed by atoms with Crippen molar-refractivity contribution in [1.29, 1.82) is 0 Å². The first-order valence-corrected chi connectivity index (χ1v) is 11.2. The molecule has 11 heteroatoms. The molecule has 3 heterocycles. The summed E-state index contributed by atoms with van der Waals surface area (Å²) < 4.78 is 69.4. The number of rotatable bonds is 3. The molecule has 1 N–H and O–H groups in total. The minimum atomic E-state index is -4.38. The number of nitrogens with zero attached hydrogens (tertiary/aromatic N) is 4. The third kappa shape index (κ3) is 4.41. The van der Waals surface area contributed by atoms with Crippen LogP contribution in [0.15, 0.2) is 6.07 Å². The summed E-state index contributed by atoms with van der Waals surface area (Å²) >= 11 is 0. The molecule has 1 aromatic rings. The number of fused-ring (bicyclic) bond motifs is 1. The van der Waals surface area contributed by atoms with Crippen molar-refractivity contribution in [3.05, 3.63) is 11.8 Å². The molecule has 2 atom stereocenters. The van der Waals surface area contributed by atoms with Crippen LogP contribution in [-0.2, 0) is 10.2 Å². The highest BCUT2D eigenvalue weighted by atomic mass is 32.2. The molecule has 0 amide bonds. The van der Waals surface area contributed by atoms with Crippen LogP contribution in [0, 0.1) is 5.41 Å². The molecule has 7 nitrogen and oxygen atoms in total. The van der Waals surface area contributed by atoms with E-state index in [0.29, 0.717) is 37.4 Å². The van der Waals surface area contributed by atoms with E-state index in [0.717, 1.165) is 4.68 Å². The van der Waals surface area contributed by atoms with Gasteiger partial charge in [-0.15, -0.1) is 0 Å². The van der Waals surface area contributed by atoms with E-state index < -0.39 is 22.4 Å². The SMILES string of the molecule is CN(C)S(=O)(=O)N1CCC(c2cc3n(n2)[C@@H](C(F)(F)F)C[C@@H](C(C)(C)C)N3)CC1. The Hall–Kier alpha value is -1.33. The molecule has 0 saturated carbocycles. The number of anilines is 1. The van der Waals surface area contributed by atoms with E-state index in [2.05, 4.69) is 10.4 Å². The fourth-order valence-corrected chi connectivity index (χ4v) is 5.11. The van der Waals surface area contributed by atoms with E-state index in [4.69, 9.17) is 0 Å². The molecule has 0 aliphatic carbocycles. The Bertz CT molecular complexity index is 837. The lowest BCUT2D eigenvalue weighted by Crippen LogP contribution is -2.45. The summed E-state index contributed by atoms with van der Waals surface area (Å²) in [5.41, 5.74) is 0.267. The minimum absolute atomic E-state index is 0.0644. The summed E-state index contributed by atoms with van der Waals surface area (Å²) in [5, 5.41) is 7.55. The fourth-order valence-electron chi connectivity index (χ4n) is 3.97. The maximum atomic E-state index is 13.7. The van der Waals surface area contributed by atoms with E-state index in [1.165, 1.54) is 22.7 Å². The predicted molar refractivity (Wildman–Crippen MR) is 105 cm³/mol. The molecule has 29 heavy (non-hydrogen) atoms. The first kappa shape index (κ1) is 22.4. The molecule has 1 fully saturated rings. The van der Waals surface area contributed by atoms with Crippen LogP contribution >= 0.6 is 0 Å². The summed E-state index contributed by atoms with van der Waals surface area (Å²) in [7, 11) is -0.509. The van der Waals surface area contributed by atoms with Crippen LogP contribution in [0.1, 0.15) is 57.7 Å². The highest BCUT2D eigenvalue weighted by molar-refractivity contribution is 7.86. The molecule has 0 spiro atoms. The second-order valence-corrected chi connectivity index (χ2v) is 11.4. The van der Waals surface area contributed by atoms with Gasteiger partial charge in [0, 0.05) is 45.2 Å². The highest BCUT2D eigenvalue weighted by Crippen LogP contribution is 2.44. The Kier molecular flexibility index (Phi) is 5.72. The van der Waals surface area contributed by atoms with Crippen molar-refractivity contribution in [3.8, 4) is 0 Å². The zero-order valence-electron chi connectivity index (χ0n) is 17.5. The van der Waals surface area contributed by atoms with Gasteiger partial charge in [-0.25, -0.2) is 4.68 Å². The Labute approximate surface area is 170 Å². The predicted octanol–water partition coefficient (Wildman–Crippen LogP) is 3.20. The molecule has 0 bridgehead atoms. The topological polar surface area (TPSA) is 70.5 Å². The normalized spacial score (nSPS) is 25.1. The molecule has 3 rings (SSSR count). The van der Waals surface area contributed by atoms with Gasteiger partial charge in [0.05, 0.1) is 5.69 Å². The smallest absolute Gasteiger partial charge is 0.367 e. The lowest BCUT2D eigenvalue weighted by Gasteiger charge is -2.39. The minimum Gasteiger partial charge on any atom is -0.367 e. The van der Waals surface area contributed by atoms with E-state index in [-0.39, 0.29) is 23.8 Å². The van der Waals surface area contributed by atoms with E-state index in [9.17, 15) is 21.6 Å². The highest BCUT2D eigenvalue weighted by Gasteiger charge is 2.48. The van der Waals surface area contributed by atoms with Crippen LogP contribution in [-0.4, -0.2) is 66.2 Å². The van der Waals surface area contributed by atoms with Crippen LogP contribution in [0.2, 0.25) is 0 Å². The van der Waals surface area contributed by atoms with Crippen molar-refractivity contribution in [3.63, 3.8) is 0 Å². The van der Waals surface area contributed by atoms with Crippen molar-refractivity contribution in [2.24, 2.45) is 5.41 Å². The summed E-state index contributed by atoms with van der Waals surface area (Å²) in [6.07, 6.45) is -3.39. The molecule has 0 radical (unpaired) electrons. The van der Waals surface area contributed by atoms with Crippen molar-refractivity contribution < 1.29 is 21.6 Å². The van der Waals surface area contributed by atoms with Crippen molar-refractivity contribution in [2.75, 3.05) is 32.5 Å². The third-order valence-corrected chi connectivity index (χ3v) is 7.85. The standard InChI is InChI=1S/C18H30F3N5O2S/c1-17(2,3)14-11-15(18(19,20)21)26-16(22-14)10-13(23-26)12-6-8-25(9-7-12)29(27,28)24(4)5/h10,12,14-15,22H,6-9,11H2,1-5H3/t14-,15+/m0/s1. The van der Waals surface area contributed by atoms with Gasteiger partial charge in [0.25, 0.3) is 10.2 Å². The lowest BCUT2D eigenvalue weighted by atomic mass is 9.82. The molecular weight excluding hydrogens is 407 g/mol. The number of hydrogen-bond donors (Lipinski definition) is 1. The van der Waals surface area contributed by atoms with Crippen LogP contribution in [0.5, 0.6) is 0 Å². The zero-order chi connectivity index (χ0) is 21.8. The van der Waals surface area contributed by atoms with Crippen LogP contribution in [0.25, 0.3) is 0 Å². The van der Waals surface area contributed by atoms with Gasteiger partial charge in [-0.2, -0.15) is 35.3 Å². The molecular formula is C18H30F3N5O2S. The zero-order valence-corrected chi connectivity index (χ0v) is 18.3. The summed E-state index contributed by atoms with van der Waals surface area (Å²) in [5.74, 6) is 0.322. The maximum absolute atomic E-state index is 13.7. The second-order valence-electron chi connectivity index (χ2n) is 9.22. The average molecular weight is 438 g/mol. The Morgan fingerprint density at radius 1 is 1.17 bits per heavy atom. The van der Waals surface area contributed by atoms with E-state index in [1.54, 1.807) is 6.07 Å². The third-order valence-electron chi connectivity index (χ3n) is 5.91. The summed E-state index contributed by atoms with van der Waals surface area (Å²) in [6.45, 7) is 6.42. The Morgan fingerprint density at radius 2 is 1.76 bits per heavy atom. The monoisotopic (exact) mass is 437 g/mol. The largest absolute Gasteiger partial charge is 0.410 e. The quantitative estimate of drug-likeness (QED) is 0.789. The van der Waals surface area contributed by atoms with Gasteiger partial charge in [0.15, 0.2) is 6.04 Å². The first-order valence-electron chi connectivity index (χ1n) is 9.81. The molecule has 0 unspecified atom stereocenters. The van der Waals surface area contributed by atoms with Crippen molar-refractivity contribution >= 4 is 16.0 Å². The van der Waals surface area contributed by atoms with Gasteiger partial charge in [0.1, 0.15) is 5.82 Å². The fraction of sp³-hybridized carbons (Fsp3) is 0.833. The number of aromatic nitrogens is 2. The van der Waals surface area contributed by atoms with Gasteiger partial charge in [-0.3, -0.25) is 0 Å². The lowest BCUT2D eigenvalue weighted by molar-refractivity contribution is -0.175. The Balaban J connectivity index is 1.82. The number of hydrogen-bond acceptors (Lipinski definition) is 4. The van der Waals surface area contributed by atoms with Gasteiger partial charge in [-0.1, -0.05) is 20.8 Å². The molecule has 0 aromatic carbocycles. The molecule has 1 saturated heterocycles. The van der Waals surface area contributed by atoms with Crippen LogP contribution in [0.3, 0.4) is 0 Å². The maximum Gasteiger partial charge on any atom is 0.410 e. The van der Waals surface area contributed by atoms with Gasteiger partial charge in [-0.05, 0) is 24.7 Å². The van der Waals surface area contributed by atoms with E-state index in [1.807, 2.05) is 20.8 Å². The molecule has 166 valence electrons. The number of nitrogens with one attached hydrogen (secondary N) is 1. The first-order chi connectivity index (χ1) is 13.2. The van der Waals surface area contributed by atoms with Crippen molar-refractivity contribution in [2.45, 2.75) is 64.2 Å².